The molecule has 1 unspecified atom stereocenters. The molecule has 2 fully saturated rings. The molecule has 0 aromatic heterocycles. The molecular weight excluding hydrogens is 552 g/mol. The van der Waals surface area contributed by atoms with Gasteiger partial charge in [0.15, 0.2) is 0 Å². The zero-order chi connectivity index (χ0) is 29.3. The van der Waals surface area contributed by atoms with Gasteiger partial charge in [0.25, 0.3) is 5.91 Å². The van der Waals surface area contributed by atoms with Crippen molar-refractivity contribution >= 4 is 35.2 Å². The highest BCUT2D eigenvalue weighted by atomic mass is 32.2. The van der Waals surface area contributed by atoms with Gasteiger partial charge in [0.05, 0.1) is 42.9 Å². The smallest absolute Gasteiger partial charge is 0.311 e. The van der Waals surface area contributed by atoms with Crippen molar-refractivity contribution in [1.29, 1.82) is 0 Å². The number of carbonyl (C=O) groups excluding carboxylic acids is 3. The number of allylic oxidation sites excluding steroid dienone is 1. The minimum atomic E-state index is -0.994. The van der Waals surface area contributed by atoms with Crippen LogP contribution in [0.25, 0.3) is 0 Å². The number of hydrogen-bond donors (Lipinski definition) is 1. The zero-order valence-electron chi connectivity index (χ0n) is 23.6. The number of thioether (sulfide) groups is 1. The quantitative estimate of drug-likeness (QED) is 0.405. The molecule has 6 rings (SSSR count). The second-order valence-electron chi connectivity index (χ2n) is 11.3. The van der Waals surface area contributed by atoms with Crippen molar-refractivity contribution in [2.75, 3.05) is 31.8 Å². The van der Waals surface area contributed by atoms with Crippen molar-refractivity contribution in [3.05, 3.63) is 84.5 Å². The minimum absolute atomic E-state index is 0.235. The zero-order valence-corrected chi connectivity index (χ0v) is 24.4. The molecule has 1 N–H and O–H groups in total. The number of hydrogen-bond acceptors (Lipinski definition) is 7. The van der Waals surface area contributed by atoms with Crippen molar-refractivity contribution in [3.63, 3.8) is 0 Å². The standard InChI is InChI=1S/C33H36N2O6S/c1-40-25-15-13-23(14-16-25)34-18-9-17-33-28(27-26(42-33)12-7-2-3-8-19-41-32(27)39)30(37)35(29(33)31(34)38)24(21-36)20-22-10-5-4-6-11-22/h4-7,9-17,24,26-29,36H,2-3,8,18-21H2,1H3/b12-7-/t24-,26-,27+,28+,29?,33+/m1/s1. The first-order chi connectivity index (χ1) is 20.5. The Morgan fingerprint density at radius 2 is 1.83 bits per heavy atom. The summed E-state index contributed by atoms with van der Waals surface area (Å²) in [6.07, 6.45) is 11.0. The topological polar surface area (TPSA) is 96.4 Å². The van der Waals surface area contributed by atoms with E-state index in [1.165, 1.54) is 11.8 Å². The lowest BCUT2D eigenvalue weighted by molar-refractivity contribution is -0.153. The summed E-state index contributed by atoms with van der Waals surface area (Å²) in [5, 5.41) is 10.4. The summed E-state index contributed by atoms with van der Waals surface area (Å²) in [4.78, 5) is 46.2. The molecule has 2 amide bonds. The Kier molecular flexibility index (Phi) is 8.14. The van der Waals surface area contributed by atoms with Crippen LogP contribution in [-0.4, -0.2) is 76.7 Å². The normalized spacial score (nSPS) is 30.6. The third-order valence-corrected chi connectivity index (χ3v) is 10.6. The summed E-state index contributed by atoms with van der Waals surface area (Å²) < 4.78 is 10.0. The molecule has 1 spiro atoms. The number of aliphatic hydroxyl groups is 1. The van der Waals surface area contributed by atoms with E-state index in [1.807, 2.05) is 60.7 Å². The number of fused-ring (bicyclic) bond motifs is 2. The maximum absolute atomic E-state index is 14.7. The third-order valence-electron chi connectivity index (χ3n) is 8.84. The van der Waals surface area contributed by atoms with Crippen molar-refractivity contribution in [1.82, 2.24) is 4.90 Å². The number of anilines is 1. The SMILES string of the molecule is COc1ccc(N2CC=C[C@]34S[C@@H]5/C=C\CCCCOC(=O)[C@@H]5[C@H]3C(=O)N([C@@H](CO)Cc3ccccc3)C4C2=O)cc1. The van der Waals surface area contributed by atoms with Gasteiger partial charge >= 0.3 is 5.97 Å². The van der Waals surface area contributed by atoms with Gasteiger partial charge in [0.2, 0.25) is 5.91 Å². The predicted molar refractivity (Wildman–Crippen MR) is 161 cm³/mol. The Bertz CT molecular complexity index is 1380. The van der Waals surface area contributed by atoms with Gasteiger partial charge in [-0.15, -0.1) is 11.8 Å². The molecule has 2 aromatic rings. The number of carbonyl (C=O) groups is 3. The van der Waals surface area contributed by atoms with Gasteiger partial charge in [-0.1, -0.05) is 54.6 Å². The number of cyclic esters (lactones) is 1. The monoisotopic (exact) mass is 588 g/mol. The summed E-state index contributed by atoms with van der Waals surface area (Å²) in [7, 11) is 1.59. The number of rotatable bonds is 6. The molecule has 2 aromatic carbocycles. The summed E-state index contributed by atoms with van der Waals surface area (Å²) in [5.74, 6) is -1.77. The number of benzene rings is 2. The highest BCUT2D eigenvalue weighted by Crippen LogP contribution is 2.61. The first-order valence-corrected chi connectivity index (χ1v) is 15.5. The third kappa shape index (κ3) is 4.92. The number of methoxy groups -OCH3 is 1. The molecule has 6 atom stereocenters. The molecule has 0 bridgehead atoms. The number of aliphatic hydroxyl groups excluding tert-OH is 1. The lowest BCUT2D eigenvalue weighted by atomic mass is 9.78. The Labute approximate surface area is 250 Å². The van der Waals surface area contributed by atoms with Crippen LogP contribution in [-0.2, 0) is 25.5 Å². The molecule has 0 saturated carbocycles. The van der Waals surface area contributed by atoms with Gasteiger partial charge in [-0.25, -0.2) is 0 Å². The first-order valence-electron chi connectivity index (χ1n) is 14.6. The Morgan fingerprint density at radius 3 is 2.57 bits per heavy atom. The van der Waals surface area contributed by atoms with Gasteiger partial charge in [-0.05, 0) is 55.5 Å². The number of amides is 2. The average Bonchev–Trinajstić information content (AvgIpc) is 3.41. The molecule has 42 heavy (non-hydrogen) atoms. The van der Waals surface area contributed by atoms with Crippen LogP contribution in [0, 0.1) is 11.8 Å². The van der Waals surface area contributed by atoms with Crippen LogP contribution < -0.4 is 9.64 Å². The van der Waals surface area contributed by atoms with E-state index >= 15 is 0 Å². The van der Waals surface area contributed by atoms with E-state index < -0.39 is 34.6 Å². The Morgan fingerprint density at radius 1 is 1.05 bits per heavy atom. The fourth-order valence-corrected chi connectivity index (χ4v) is 8.87. The molecule has 0 aliphatic carbocycles. The molecule has 0 radical (unpaired) electrons. The van der Waals surface area contributed by atoms with Gasteiger partial charge in [0, 0.05) is 17.5 Å². The van der Waals surface area contributed by atoms with Crippen LogP contribution in [0.5, 0.6) is 5.75 Å². The highest BCUT2D eigenvalue weighted by Gasteiger charge is 2.71. The van der Waals surface area contributed by atoms with E-state index in [0.29, 0.717) is 31.0 Å². The van der Waals surface area contributed by atoms with E-state index in [1.54, 1.807) is 29.0 Å². The lowest BCUT2D eigenvalue weighted by Crippen LogP contribution is -2.57. The van der Waals surface area contributed by atoms with Crippen LogP contribution in [0.4, 0.5) is 5.69 Å². The lowest BCUT2D eigenvalue weighted by Gasteiger charge is -2.38. The van der Waals surface area contributed by atoms with Crippen LogP contribution in [0.2, 0.25) is 0 Å². The van der Waals surface area contributed by atoms with E-state index in [4.69, 9.17) is 9.47 Å². The van der Waals surface area contributed by atoms with E-state index in [-0.39, 0.29) is 23.7 Å². The number of likely N-dealkylation sites (tertiary alicyclic amines) is 1. The fraction of sp³-hybridized carbons (Fsp3) is 0.424. The van der Waals surface area contributed by atoms with E-state index in [0.717, 1.165) is 24.8 Å². The largest absolute Gasteiger partial charge is 0.497 e. The Balaban J connectivity index is 1.46. The summed E-state index contributed by atoms with van der Waals surface area (Å²) >= 11 is 1.51. The molecule has 220 valence electrons. The highest BCUT2D eigenvalue weighted by molar-refractivity contribution is 8.02. The number of ether oxygens (including phenoxy) is 2. The van der Waals surface area contributed by atoms with Crippen molar-refractivity contribution < 1.29 is 29.0 Å². The number of nitrogens with zero attached hydrogens (tertiary/aromatic N) is 2. The molecule has 4 aliphatic rings. The molecule has 8 nitrogen and oxygen atoms in total. The van der Waals surface area contributed by atoms with Crippen molar-refractivity contribution in [2.45, 2.75) is 47.8 Å². The molecule has 4 aliphatic heterocycles. The van der Waals surface area contributed by atoms with E-state index in [9.17, 15) is 19.5 Å². The van der Waals surface area contributed by atoms with Gasteiger partial charge < -0.3 is 24.4 Å². The van der Waals surface area contributed by atoms with E-state index in [2.05, 4.69) is 6.08 Å². The second kappa shape index (κ2) is 12.0. The molecular formula is C33H36N2O6S. The summed E-state index contributed by atoms with van der Waals surface area (Å²) in [6, 6.07) is 15.4. The van der Waals surface area contributed by atoms with Gasteiger partial charge in [0.1, 0.15) is 11.8 Å². The molecule has 2 saturated heterocycles. The van der Waals surface area contributed by atoms with Gasteiger partial charge in [-0.3, -0.25) is 14.4 Å². The van der Waals surface area contributed by atoms with Crippen LogP contribution in [0.1, 0.15) is 24.8 Å². The maximum atomic E-state index is 14.7. The maximum Gasteiger partial charge on any atom is 0.311 e. The van der Waals surface area contributed by atoms with Crippen molar-refractivity contribution in [2.24, 2.45) is 11.8 Å². The minimum Gasteiger partial charge on any atom is -0.497 e. The van der Waals surface area contributed by atoms with Crippen molar-refractivity contribution in [3.8, 4) is 5.75 Å². The number of esters is 1. The average molecular weight is 589 g/mol. The fourth-order valence-electron chi connectivity index (χ4n) is 6.88. The molecule has 9 heteroatoms. The summed E-state index contributed by atoms with van der Waals surface area (Å²) in [5.41, 5.74) is 1.63. The Hall–Kier alpha value is -3.56. The molecule has 4 heterocycles. The van der Waals surface area contributed by atoms with Gasteiger partial charge in [-0.2, -0.15) is 0 Å². The first kappa shape index (κ1) is 28.6. The van der Waals surface area contributed by atoms with Crippen LogP contribution in [0.15, 0.2) is 78.9 Å². The van der Waals surface area contributed by atoms with Crippen LogP contribution >= 0.6 is 11.8 Å². The summed E-state index contributed by atoms with van der Waals surface area (Å²) in [6.45, 7) is 0.314. The van der Waals surface area contributed by atoms with Crippen LogP contribution in [0.3, 0.4) is 0 Å². The predicted octanol–water partition coefficient (Wildman–Crippen LogP) is 3.78. The second-order valence-corrected chi connectivity index (χ2v) is 12.7.